The molecule has 2 heterocycles. The number of rotatable bonds is 5. The molecule has 1 aromatic carbocycles. The highest BCUT2D eigenvalue weighted by Crippen LogP contribution is 2.32. The first-order chi connectivity index (χ1) is 14.5. The predicted molar refractivity (Wildman–Crippen MR) is 111 cm³/mol. The van der Waals surface area contributed by atoms with Gasteiger partial charge in [-0.2, -0.15) is 0 Å². The molecule has 1 amide bonds. The van der Waals surface area contributed by atoms with Crippen LogP contribution in [-0.2, 0) is 20.7 Å². The number of allylic oxidation sites excluding steroid dienone is 2. The van der Waals surface area contributed by atoms with Crippen molar-refractivity contribution in [2.45, 2.75) is 56.5 Å². The van der Waals surface area contributed by atoms with Gasteiger partial charge in [-0.15, -0.1) is 0 Å². The molecular formula is C23H27NO6. The summed E-state index contributed by atoms with van der Waals surface area (Å²) in [5.74, 6) is -1.02. The fraction of sp³-hybridized carbons (Fsp3) is 0.391. The van der Waals surface area contributed by atoms with E-state index in [1.165, 1.54) is 30.5 Å². The van der Waals surface area contributed by atoms with Crippen molar-refractivity contribution in [3.05, 3.63) is 66.4 Å². The molecule has 0 saturated carbocycles. The number of benzene rings is 1. The van der Waals surface area contributed by atoms with Crippen molar-refractivity contribution in [2.75, 3.05) is 0 Å². The Bertz CT molecular complexity index is 846. The number of carbonyl (C=O) groups excluding carboxylic acids is 2. The molecule has 7 heteroatoms. The van der Waals surface area contributed by atoms with Gasteiger partial charge in [0.1, 0.15) is 17.4 Å². The standard InChI is InChI=1S/C23H27NO6/c1-2-3-9-21(27)24-10-5-7-17-14-19-13-16(25)12-18(29-19)11-15-6-4-8-20(26)22(15)23(28)30-17/h2-6,8-10,16-19,25-26H,1,7,11-14H2,(H,24,27)/b9-3-,10-5-/t16-,17+,18+,19-/m1/s1. The number of hydrogen-bond donors (Lipinski definition) is 3. The third-order valence-electron chi connectivity index (χ3n) is 5.16. The number of carbonyl (C=O) groups is 2. The van der Waals surface area contributed by atoms with E-state index < -0.39 is 18.2 Å². The maximum Gasteiger partial charge on any atom is 0.342 e. The summed E-state index contributed by atoms with van der Waals surface area (Å²) >= 11 is 0. The number of cyclic esters (lactones) is 1. The molecule has 1 fully saturated rings. The topological polar surface area (TPSA) is 105 Å². The van der Waals surface area contributed by atoms with Gasteiger partial charge < -0.3 is 25.0 Å². The zero-order chi connectivity index (χ0) is 21.5. The summed E-state index contributed by atoms with van der Waals surface area (Å²) in [6, 6.07) is 4.89. The van der Waals surface area contributed by atoms with Gasteiger partial charge in [-0.1, -0.05) is 36.9 Å². The third-order valence-corrected chi connectivity index (χ3v) is 5.16. The maximum atomic E-state index is 12.8. The number of amides is 1. The second-order valence-corrected chi connectivity index (χ2v) is 7.53. The van der Waals surface area contributed by atoms with Crippen LogP contribution in [0.5, 0.6) is 5.75 Å². The summed E-state index contributed by atoms with van der Waals surface area (Å²) in [6.07, 6.45) is 8.20. The van der Waals surface area contributed by atoms with Crippen molar-refractivity contribution in [1.29, 1.82) is 0 Å². The average molecular weight is 413 g/mol. The highest BCUT2D eigenvalue weighted by molar-refractivity contribution is 5.94. The molecule has 3 rings (SSSR count). The van der Waals surface area contributed by atoms with Crippen LogP contribution in [0, 0.1) is 0 Å². The van der Waals surface area contributed by atoms with Crippen molar-refractivity contribution in [1.82, 2.24) is 5.32 Å². The highest BCUT2D eigenvalue weighted by Gasteiger charge is 2.34. The van der Waals surface area contributed by atoms with Gasteiger partial charge in [0.15, 0.2) is 0 Å². The summed E-state index contributed by atoms with van der Waals surface area (Å²) in [7, 11) is 0. The Hall–Kier alpha value is -2.90. The first-order valence-corrected chi connectivity index (χ1v) is 10.1. The molecule has 7 nitrogen and oxygen atoms in total. The van der Waals surface area contributed by atoms with E-state index >= 15 is 0 Å². The Morgan fingerprint density at radius 2 is 2.07 bits per heavy atom. The van der Waals surface area contributed by atoms with Crippen LogP contribution in [0.1, 0.15) is 41.6 Å². The maximum absolute atomic E-state index is 12.8. The Kier molecular flexibility index (Phi) is 7.43. The molecule has 160 valence electrons. The van der Waals surface area contributed by atoms with Crippen LogP contribution in [0.3, 0.4) is 0 Å². The molecule has 1 saturated heterocycles. The largest absolute Gasteiger partial charge is 0.507 e. The van der Waals surface area contributed by atoms with Crippen molar-refractivity contribution >= 4 is 11.9 Å². The monoisotopic (exact) mass is 413 g/mol. The summed E-state index contributed by atoms with van der Waals surface area (Å²) in [5.41, 5.74) is 0.770. The lowest BCUT2D eigenvalue weighted by Crippen LogP contribution is -2.40. The van der Waals surface area contributed by atoms with Crippen LogP contribution in [0.25, 0.3) is 0 Å². The van der Waals surface area contributed by atoms with E-state index in [0.717, 1.165) is 0 Å². The molecule has 2 bridgehead atoms. The molecule has 0 unspecified atom stereocenters. The van der Waals surface area contributed by atoms with Crippen LogP contribution in [-0.4, -0.2) is 46.5 Å². The molecular weight excluding hydrogens is 386 g/mol. The summed E-state index contributed by atoms with van der Waals surface area (Å²) in [5, 5.41) is 23.1. The number of aromatic hydroxyl groups is 1. The quantitative estimate of drug-likeness (QED) is 0.389. The second kappa shape index (κ2) is 10.2. The zero-order valence-electron chi connectivity index (χ0n) is 16.7. The van der Waals surface area contributed by atoms with Gasteiger partial charge in [0.2, 0.25) is 5.91 Å². The van der Waals surface area contributed by atoms with E-state index in [1.54, 1.807) is 18.2 Å². The molecule has 3 N–H and O–H groups in total. The van der Waals surface area contributed by atoms with Crippen LogP contribution in [0.4, 0.5) is 0 Å². The lowest BCUT2D eigenvalue weighted by atomic mass is 9.91. The van der Waals surface area contributed by atoms with Crippen LogP contribution < -0.4 is 5.32 Å². The van der Waals surface area contributed by atoms with Crippen LogP contribution >= 0.6 is 0 Å². The molecule has 0 spiro atoms. The van der Waals surface area contributed by atoms with E-state index in [1.807, 2.05) is 0 Å². The van der Waals surface area contributed by atoms with Crippen molar-refractivity contribution in [2.24, 2.45) is 0 Å². The van der Waals surface area contributed by atoms with E-state index in [9.17, 15) is 19.8 Å². The first kappa shape index (κ1) is 21.8. The Balaban J connectivity index is 1.77. The zero-order valence-corrected chi connectivity index (χ0v) is 16.7. The van der Waals surface area contributed by atoms with Gasteiger partial charge in [0.25, 0.3) is 0 Å². The van der Waals surface area contributed by atoms with Crippen LogP contribution in [0.15, 0.2) is 55.3 Å². The summed E-state index contributed by atoms with van der Waals surface area (Å²) in [6.45, 7) is 3.50. The minimum absolute atomic E-state index is 0.136. The number of nitrogens with one attached hydrogen (secondary N) is 1. The first-order valence-electron chi connectivity index (χ1n) is 10.1. The molecule has 0 aromatic heterocycles. The minimum atomic E-state index is -0.583. The molecule has 0 aliphatic carbocycles. The van der Waals surface area contributed by atoms with E-state index in [-0.39, 0.29) is 29.4 Å². The normalized spacial score (nSPS) is 26.8. The predicted octanol–water partition coefficient (Wildman–Crippen LogP) is 2.53. The number of hydrogen-bond acceptors (Lipinski definition) is 6. The lowest BCUT2D eigenvalue weighted by Gasteiger charge is -2.36. The molecule has 1 aromatic rings. The molecule has 0 radical (unpaired) electrons. The Morgan fingerprint density at radius 1 is 1.27 bits per heavy atom. The number of fused-ring (bicyclic) bond motifs is 3. The second-order valence-electron chi connectivity index (χ2n) is 7.53. The van der Waals surface area contributed by atoms with E-state index in [4.69, 9.17) is 9.47 Å². The fourth-order valence-electron chi connectivity index (χ4n) is 3.87. The highest BCUT2D eigenvalue weighted by atomic mass is 16.5. The van der Waals surface area contributed by atoms with E-state index in [0.29, 0.717) is 37.7 Å². The Morgan fingerprint density at radius 3 is 2.87 bits per heavy atom. The number of esters is 1. The smallest absolute Gasteiger partial charge is 0.342 e. The SMILES string of the molecule is C=C/C=C\C(=O)N/C=C\C[C@H]1C[C@H]2C[C@H](O)C[C@H](Cc3cccc(O)c3C(=O)O1)O2. The molecule has 30 heavy (non-hydrogen) atoms. The summed E-state index contributed by atoms with van der Waals surface area (Å²) in [4.78, 5) is 24.4. The number of aliphatic hydroxyl groups is 1. The number of phenolic OH excluding ortho intramolecular Hbond substituents is 1. The van der Waals surface area contributed by atoms with Gasteiger partial charge in [0, 0.05) is 25.1 Å². The van der Waals surface area contributed by atoms with Crippen molar-refractivity contribution < 1.29 is 29.3 Å². The molecule has 2 aliphatic heterocycles. The van der Waals surface area contributed by atoms with Gasteiger partial charge in [-0.25, -0.2) is 4.79 Å². The van der Waals surface area contributed by atoms with Crippen molar-refractivity contribution in [3.8, 4) is 5.75 Å². The molecule has 2 aliphatic rings. The van der Waals surface area contributed by atoms with Gasteiger partial charge in [0.05, 0.1) is 18.3 Å². The van der Waals surface area contributed by atoms with Crippen molar-refractivity contribution in [3.63, 3.8) is 0 Å². The fourth-order valence-corrected chi connectivity index (χ4v) is 3.87. The lowest BCUT2D eigenvalue weighted by molar-refractivity contribution is -0.115. The van der Waals surface area contributed by atoms with E-state index in [2.05, 4.69) is 11.9 Å². The van der Waals surface area contributed by atoms with Gasteiger partial charge in [-0.05, 0) is 30.9 Å². The third kappa shape index (κ3) is 5.81. The van der Waals surface area contributed by atoms with Gasteiger partial charge >= 0.3 is 5.97 Å². The number of aliphatic hydroxyl groups excluding tert-OH is 1. The summed E-state index contributed by atoms with van der Waals surface area (Å²) < 4.78 is 11.8. The molecule has 4 atom stereocenters. The minimum Gasteiger partial charge on any atom is -0.507 e. The van der Waals surface area contributed by atoms with Gasteiger partial charge in [-0.3, -0.25) is 4.79 Å². The van der Waals surface area contributed by atoms with Crippen LogP contribution in [0.2, 0.25) is 0 Å². The Labute approximate surface area is 175 Å². The number of ether oxygens (including phenoxy) is 2. The number of phenols is 1. The average Bonchev–Trinajstić information content (AvgIpc) is 2.68.